The molecule has 1 saturated heterocycles. The Labute approximate surface area is 230 Å². The number of aliphatic hydroxyl groups excluding tert-OH is 1. The van der Waals surface area contributed by atoms with Gasteiger partial charge in [0.1, 0.15) is 11.6 Å². The fourth-order valence-corrected chi connectivity index (χ4v) is 6.00. The molecule has 39 heavy (non-hydrogen) atoms. The molecular formula is C27H21FN4O5S2. The van der Waals surface area contributed by atoms with Crippen molar-refractivity contribution in [2.75, 3.05) is 19.1 Å². The van der Waals surface area contributed by atoms with E-state index in [2.05, 4.69) is 15.2 Å². The maximum atomic E-state index is 14.1. The summed E-state index contributed by atoms with van der Waals surface area (Å²) >= 11 is 2.35. The van der Waals surface area contributed by atoms with Crippen LogP contribution in [0, 0.1) is 5.82 Å². The highest BCUT2D eigenvalue weighted by atomic mass is 32.2. The number of hydrogen-bond acceptors (Lipinski definition) is 10. The van der Waals surface area contributed by atoms with E-state index in [0.717, 1.165) is 11.3 Å². The van der Waals surface area contributed by atoms with Crippen molar-refractivity contribution in [3.8, 4) is 11.5 Å². The highest BCUT2D eigenvalue weighted by Crippen LogP contribution is 2.45. The molecule has 0 saturated carbocycles. The second-order valence-corrected chi connectivity index (χ2v) is 10.4. The van der Waals surface area contributed by atoms with Crippen LogP contribution in [0.1, 0.15) is 22.7 Å². The Morgan fingerprint density at radius 3 is 2.51 bits per heavy atom. The van der Waals surface area contributed by atoms with Crippen LogP contribution in [0.2, 0.25) is 0 Å². The van der Waals surface area contributed by atoms with Gasteiger partial charge < -0.3 is 14.6 Å². The lowest BCUT2D eigenvalue weighted by Gasteiger charge is -2.23. The third-order valence-electron chi connectivity index (χ3n) is 6.03. The lowest BCUT2D eigenvalue weighted by molar-refractivity contribution is -0.132. The Bertz CT molecular complexity index is 1580. The van der Waals surface area contributed by atoms with Crippen molar-refractivity contribution < 1.29 is 28.6 Å². The van der Waals surface area contributed by atoms with E-state index in [4.69, 9.17) is 9.47 Å². The summed E-state index contributed by atoms with van der Waals surface area (Å²) < 4.78 is 25.3. The summed E-state index contributed by atoms with van der Waals surface area (Å²) in [6.07, 6.45) is 2.95. The second-order valence-electron chi connectivity index (χ2n) is 8.25. The number of ether oxygens (including phenoxy) is 2. The van der Waals surface area contributed by atoms with Gasteiger partial charge in [-0.2, -0.15) is 0 Å². The molecule has 1 N–H and O–H groups in total. The fraction of sp³-hybridized carbons (Fsp3) is 0.148. The molecule has 12 heteroatoms. The maximum absolute atomic E-state index is 14.1. The standard InChI is InChI=1S/C27H21FN4O5S2/c1-36-19-8-7-16(13-20(19)37-2)22-21(23(33)15-9-11-29-12-10-15)24(34)25(35)32(22)26-30-31-27(39-26)38-14-17-5-3-4-6-18(17)28/h3-13,22,33H,14H2,1-2H3/b23-21+. The van der Waals surface area contributed by atoms with Gasteiger partial charge >= 0.3 is 5.91 Å². The van der Waals surface area contributed by atoms with Crippen LogP contribution < -0.4 is 14.4 Å². The van der Waals surface area contributed by atoms with Crippen molar-refractivity contribution in [3.05, 3.63) is 95.1 Å². The van der Waals surface area contributed by atoms with E-state index < -0.39 is 17.7 Å². The Morgan fingerprint density at radius 2 is 1.79 bits per heavy atom. The number of thioether (sulfide) groups is 1. The van der Waals surface area contributed by atoms with E-state index in [1.54, 1.807) is 36.4 Å². The Balaban J connectivity index is 1.58. The van der Waals surface area contributed by atoms with Gasteiger partial charge in [-0.15, -0.1) is 10.2 Å². The number of Topliss-reactive ketones (excluding diaryl/α,β-unsaturated/α-hetero) is 1. The molecule has 198 valence electrons. The number of rotatable bonds is 8. The van der Waals surface area contributed by atoms with Crippen LogP contribution in [0.5, 0.6) is 11.5 Å². The third-order valence-corrected chi connectivity index (χ3v) is 8.14. The van der Waals surface area contributed by atoms with Crippen LogP contribution in [-0.2, 0) is 15.3 Å². The number of carbonyl (C=O) groups excluding carboxylic acids is 2. The zero-order valence-electron chi connectivity index (χ0n) is 20.7. The molecule has 1 unspecified atom stereocenters. The number of nitrogens with zero attached hydrogens (tertiary/aromatic N) is 4. The van der Waals surface area contributed by atoms with Crippen molar-refractivity contribution >= 4 is 45.7 Å². The minimum Gasteiger partial charge on any atom is -0.507 e. The minimum atomic E-state index is -1.03. The van der Waals surface area contributed by atoms with Gasteiger partial charge in [-0.1, -0.05) is 47.4 Å². The number of methoxy groups -OCH3 is 2. The van der Waals surface area contributed by atoms with E-state index in [9.17, 15) is 19.1 Å². The number of aromatic nitrogens is 3. The van der Waals surface area contributed by atoms with Gasteiger partial charge in [-0.3, -0.25) is 19.5 Å². The Kier molecular flexibility index (Phi) is 7.57. The van der Waals surface area contributed by atoms with Crippen LogP contribution in [-0.4, -0.2) is 46.2 Å². The summed E-state index contributed by atoms with van der Waals surface area (Å²) in [4.78, 5) is 31.9. The zero-order chi connectivity index (χ0) is 27.5. The summed E-state index contributed by atoms with van der Waals surface area (Å²) in [6.45, 7) is 0. The van der Waals surface area contributed by atoms with Crippen LogP contribution in [0.15, 0.2) is 76.9 Å². The molecule has 1 fully saturated rings. The topological polar surface area (TPSA) is 115 Å². The van der Waals surface area contributed by atoms with Gasteiger partial charge in [0.2, 0.25) is 5.13 Å². The van der Waals surface area contributed by atoms with Crippen LogP contribution >= 0.6 is 23.1 Å². The molecule has 2 aromatic carbocycles. The normalized spacial score (nSPS) is 16.5. The highest BCUT2D eigenvalue weighted by Gasteiger charge is 2.48. The van der Waals surface area contributed by atoms with Gasteiger partial charge in [-0.05, 0) is 41.5 Å². The summed E-state index contributed by atoms with van der Waals surface area (Å²) in [6, 6.07) is 13.4. The van der Waals surface area contributed by atoms with Crippen LogP contribution in [0.4, 0.5) is 9.52 Å². The number of aliphatic hydroxyl groups is 1. The average Bonchev–Trinajstić information content (AvgIpc) is 3.54. The number of benzene rings is 2. The van der Waals surface area contributed by atoms with Gasteiger partial charge in [0.25, 0.3) is 5.78 Å². The molecule has 0 aliphatic carbocycles. The highest BCUT2D eigenvalue weighted by molar-refractivity contribution is 8.00. The SMILES string of the molecule is COc1ccc(C2/C(=C(\O)c3ccncc3)C(=O)C(=O)N2c2nnc(SCc3ccccc3F)s2)cc1OC. The van der Waals surface area contributed by atoms with E-state index in [-0.39, 0.29) is 22.3 Å². The Morgan fingerprint density at radius 1 is 1.05 bits per heavy atom. The summed E-state index contributed by atoms with van der Waals surface area (Å²) in [7, 11) is 2.97. The predicted molar refractivity (Wildman–Crippen MR) is 144 cm³/mol. The molecule has 5 rings (SSSR count). The molecule has 0 radical (unpaired) electrons. The quantitative estimate of drug-likeness (QED) is 0.104. The van der Waals surface area contributed by atoms with Crippen molar-refractivity contribution in [1.29, 1.82) is 0 Å². The number of anilines is 1. The van der Waals surface area contributed by atoms with Crippen LogP contribution in [0.25, 0.3) is 5.76 Å². The molecule has 0 bridgehead atoms. The number of carbonyl (C=O) groups is 2. The van der Waals surface area contributed by atoms with E-state index in [0.29, 0.717) is 38.3 Å². The fourth-order valence-electron chi connectivity index (χ4n) is 4.15. The summed E-state index contributed by atoms with van der Waals surface area (Å²) in [5.41, 5.74) is 1.20. The summed E-state index contributed by atoms with van der Waals surface area (Å²) in [5, 5.41) is 19.7. The van der Waals surface area contributed by atoms with Crippen molar-refractivity contribution in [1.82, 2.24) is 15.2 Å². The molecule has 4 aromatic rings. The van der Waals surface area contributed by atoms with Gasteiger partial charge in [-0.25, -0.2) is 4.39 Å². The summed E-state index contributed by atoms with van der Waals surface area (Å²) in [5.74, 6) is -1.28. The second kappa shape index (κ2) is 11.2. The molecule has 9 nitrogen and oxygen atoms in total. The Hall–Kier alpha value is -4.29. The first kappa shape index (κ1) is 26.3. The van der Waals surface area contributed by atoms with Gasteiger partial charge in [0.05, 0.1) is 25.8 Å². The number of hydrogen-bond donors (Lipinski definition) is 1. The van der Waals surface area contributed by atoms with Gasteiger partial charge in [0.15, 0.2) is 15.8 Å². The number of ketones is 1. The van der Waals surface area contributed by atoms with Gasteiger partial charge in [0, 0.05) is 23.7 Å². The first-order valence-electron chi connectivity index (χ1n) is 11.6. The first-order chi connectivity index (χ1) is 18.9. The molecular weight excluding hydrogens is 543 g/mol. The first-order valence-corrected chi connectivity index (χ1v) is 13.4. The lowest BCUT2D eigenvalue weighted by Crippen LogP contribution is -2.29. The monoisotopic (exact) mass is 564 g/mol. The molecule has 1 amide bonds. The predicted octanol–water partition coefficient (Wildman–Crippen LogP) is 5.01. The molecule has 3 heterocycles. The number of halogens is 1. The molecule has 0 spiro atoms. The van der Waals surface area contributed by atoms with E-state index in [1.165, 1.54) is 61.5 Å². The van der Waals surface area contributed by atoms with Crippen LogP contribution in [0.3, 0.4) is 0 Å². The number of pyridine rings is 1. The zero-order valence-corrected chi connectivity index (χ0v) is 22.3. The minimum absolute atomic E-state index is 0.117. The molecule has 2 aromatic heterocycles. The largest absolute Gasteiger partial charge is 0.507 e. The van der Waals surface area contributed by atoms with Crippen molar-refractivity contribution in [2.45, 2.75) is 16.1 Å². The third kappa shape index (κ3) is 5.08. The molecule has 1 atom stereocenters. The molecule has 1 aliphatic rings. The van der Waals surface area contributed by atoms with Crippen molar-refractivity contribution in [2.24, 2.45) is 0 Å². The molecule has 1 aliphatic heterocycles. The van der Waals surface area contributed by atoms with E-state index >= 15 is 0 Å². The van der Waals surface area contributed by atoms with Crippen molar-refractivity contribution in [3.63, 3.8) is 0 Å². The maximum Gasteiger partial charge on any atom is 0.301 e. The number of amides is 1. The lowest BCUT2D eigenvalue weighted by atomic mass is 9.95. The smallest absolute Gasteiger partial charge is 0.301 e. The van der Waals surface area contributed by atoms with E-state index in [1.807, 2.05) is 0 Å². The average molecular weight is 565 g/mol.